The van der Waals surface area contributed by atoms with E-state index >= 15 is 0 Å². The summed E-state index contributed by atoms with van der Waals surface area (Å²) in [7, 11) is 1.62. The number of ether oxygens (including phenoxy) is 2. The predicted octanol–water partition coefficient (Wildman–Crippen LogP) is 4.51. The summed E-state index contributed by atoms with van der Waals surface area (Å²) < 4.78 is 11.4. The maximum absolute atomic E-state index is 12.2. The summed E-state index contributed by atoms with van der Waals surface area (Å²) in [4.78, 5) is 15.9. The monoisotopic (exact) mass is 429 g/mol. The minimum absolute atomic E-state index is 0.209. The number of nitrogens with zero attached hydrogens (tertiary/aromatic N) is 2. The quantitative estimate of drug-likeness (QED) is 0.471. The maximum atomic E-state index is 12.2. The van der Waals surface area contributed by atoms with E-state index in [9.17, 15) is 4.79 Å². The Labute approximate surface area is 182 Å². The number of methoxy groups -OCH3 is 1. The number of likely N-dealkylation sites (tertiary alicyclic amines) is 1. The van der Waals surface area contributed by atoms with E-state index in [2.05, 4.69) is 29.3 Å². The van der Waals surface area contributed by atoms with Crippen LogP contribution in [0.15, 0.2) is 34.7 Å². The van der Waals surface area contributed by atoms with Crippen LogP contribution in [0.4, 0.5) is 0 Å². The van der Waals surface area contributed by atoms with Gasteiger partial charge in [0.1, 0.15) is 6.61 Å². The van der Waals surface area contributed by atoms with Crippen LogP contribution in [0.5, 0.6) is 11.5 Å². The van der Waals surface area contributed by atoms with E-state index in [0.717, 1.165) is 30.9 Å². The second-order valence-electron chi connectivity index (χ2n) is 7.75. The van der Waals surface area contributed by atoms with Gasteiger partial charge in [0.15, 0.2) is 11.5 Å². The number of hydrazone groups is 1. The molecule has 1 aromatic carbocycles. The second kappa shape index (κ2) is 11.1. The molecule has 0 radical (unpaired) electrons. The molecule has 0 aliphatic carbocycles. The Balaban J connectivity index is 1.52. The second-order valence-corrected chi connectivity index (χ2v) is 8.70. The lowest BCUT2D eigenvalue weighted by atomic mass is 10.1. The van der Waals surface area contributed by atoms with Crippen LogP contribution in [0.25, 0.3) is 0 Å². The first-order valence-corrected chi connectivity index (χ1v) is 11.4. The van der Waals surface area contributed by atoms with Crippen LogP contribution in [-0.2, 0) is 0 Å². The smallest absolute Gasteiger partial charge is 0.272 e. The third-order valence-corrected chi connectivity index (χ3v) is 6.37. The number of piperidine rings is 1. The van der Waals surface area contributed by atoms with E-state index in [1.807, 2.05) is 29.6 Å². The van der Waals surface area contributed by atoms with Gasteiger partial charge < -0.3 is 9.47 Å². The summed E-state index contributed by atoms with van der Waals surface area (Å²) in [5.41, 5.74) is 4.04. The lowest BCUT2D eigenvalue weighted by molar-refractivity contribution is 0.0955. The molecule has 6 nitrogen and oxygen atoms in total. The molecule has 0 atom stereocenters. The number of carbonyl (C=O) groups excluding carboxylic acids is 1. The van der Waals surface area contributed by atoms with Crippen molar-refractivity contribution >= 4 is 23.5 Å². The molecule has 2 aromatic rings. The topological polar surface area (TPSA) is 63.2 Å². The molecule has 1 saturated heterocycles. The van der Waals surface area contributed by atoms with Crippen molar-refractivity contribution in [3.8, 4) is 11.5 Å². The number of hydrogen-bond acceptors (Lipinski definition) is 6. The SMILES string of the molecule is COc1cc(/C=N/NC(=O)c2csc(C(C)C)c2)ccc1OCCN1CCCCC1. The first-order valence-electron chi connectivity index (χ1n) is 10.5. The van der Waals surface area contributed by atoms with Crippen molar-refractivity contribution in [2.24, 2.45) is 5.10 Å². The van der Waals surface area contributed by atoms with Crippen LogP contribution >= 0.6 is 11.3 Å². The van der Waals surface area contributed by atoms with Gasteiger partial charge in [-0.1, -0.05) is 20.3 Å². The van der Waals surface area contributed by atoms with Crippen LogP contribution in [0, 0.1) is 0 Å². The van der Waals surface area contributed by atoms with Crippen molar-refractivity contribution < 1.29 is 14.3 Å². The summed E-state index contributed by atoms with van der Waals surface area (Å²) in [5, 5.41) is 5.94. The van der Waals surface area contributed by atoms with Gasteiger partial charge >= 0.3 is 0 Å². The van der Waals surface area contributed by atoms with E-state index in [1.165, 1.54) is 24.1 Å². The summed E-state index contributed by atoms with van der Waals surface area (Å²) in [6.45, 7) is 8.11. The Kier molecular flexibility index (Phi) is 8.28. The van der Waals surface area contributed by atoms with Crippen molar-refractivity contribution in [2.75, 3.05) is 33.4 Å². The first kappa shape index (κ1) is 22.3. The zero-order valence-electron chi connectivity index (χ0n) is 18.0. The highest BCUT2D eigenvalue weighted by Gasteiger charge is 2.12. The first-order chi connectivity index (χ1) is 14.6. The van der Waals surface area contributed by atoms with Gasteiger partial charge in [0, 0.05) is 16.8 Å². The molecule has 1 fully saturated rings. The minimum atomic E-state index is -0.209. The molecule has 162 valence electrons. The van der Waals surface area contributed by atoms with Crippen LogP contribution in [0.3, 0.4) is 0 Å². The lowest BCUT2D eigenvalue weighted by Crippen LogP contribution is -2.33. The zero-order valence-corrected chi connectivity index (χ0v) is 18.8. The molecular formula is C23H31N3O3S. The molecule has 7 heteroatoms. The molecule has 2 heterocycles. The molecule has 30 heavy (non-hydrogen) atoms. The fourth-order valence-electron chi connectivity index (χ4n) is 3.36. The van der Waals surface area contributed by atoms with Crippen molar-refractivity contribution in [2.45, 2.75) is 39.0 Å². The third-order valence-electron chi connectivity index (χ3n) is 5.13. The molecule has 0 unspecified atom stereocenters. The van der Waals surface area contributed by atoms with Gasteiger partial charge in [-0.2, -0.15) is 5.10 Å². The number of hydrogen-bond donors (Lipinski definition) is 1. The van der Waals surface area contributed by atoms with Crippen LogP contribution in [-0.4, -0.2) is 50.4 Å². The number of benzene rings is 1. The Bertz CT molecular complexity index is 857. The summed E-state index contributed by atoms with van der Waals surface area (Å²) in [6, 6.07) is 7.55. The zero-order chi connectivity index (χ0) is 21.3. The summed E-state index contributed by atoms with van der Waals surface area (Å²) in [6.07, 6.45) is 5.49. The standard InChI is InChI=1S/C23H31N3O3S/c1-17(2)22-14-19(16-30-22)23(27)25-24-15-18-7-8-20(21(13-18)28-3)29-12-11-26-9-5-4-6-10-26/h7-8,13-17H,4-6,9-12H2,1-3H3,(H,25,27)/b24-15+. The number of rotatable bonds is 9. The molecule has 3 rings (SSSR count). The van der Waals surface area contributed by atoms with Crippen LogP contribution < -0.4 is 14.9 Å². The van der Waals surface area contributed by atoms with Gasteiger partial charge in [-0.05, 0) is 61.7 Å². The average molecular weight is 430 g/mol. The highest BCUT2D eigenvalue weighted by Crippen LogP contribution is 2.27. The number of carbonyl (C=O) groups is 1. The van der Waals surface area contributed by atoms with Crippen molar-refractivity contribution in [1.29, 1.82) is 0 Å². The summed E-state index contributed by atoms with van der Waals surface area (Å²) in [5.74, 6) is 1.57. The van der Waals surface area contributed by atoms with E-state index in [1.54, 1.807) is 24.7 Å². The Morgan fingerprint density at radius 2 is 2.03 bits per heavy atom. The fourth-order valence-corrected chi connectivity index (χ4v) is 4.26. The van der Waals surface area contributed by atoms with Crippen molar-refractivity contribution in [3.63, 3.8) is 0 Å². The molecule has 1 amide bonds. The maximum Gasteiger partial charge on any atom is 0.272 e. The highest BCUT2D eigenvalue weighted by atomic mass is 32.1. The van der Waals surface area contributed by atoms with Crippen molar-refractivity contribution in [3.05, 3.63) is 45.6 Å². The summed E-state index contributed by atoms with van der Waals surface area (Å²) >= 11 is 1.59. The Hall–Kier alpha value is -2.38. The van der Waals surface area contributed by atoms with Crippen molar-refractivity contribution in [1.82, 2.24) is 10.3 Å². The highest BCUT2D eigenvalue weighted by molar-refractivity contribution is 7.10. The van der Waals surface area contributed by atoms with E-state index in [4.69, 9.17) is 9.47 Å². The van der Waals surface area contributed by atoms with Gasteiger partial charge in [-0.25, -0.2) is 5.43 Å². The van der Waals surface area contributed by atoms with E-state index in [0.29, 0.717) is 23.8 Å². The largest absolute Gasteiger partial charge is 0.493 e. The average Bonchev–Trinajstić information content (AvgIpc) is 3.26. The molecule has 0 bridgehead atoms. The Morgan fingerprint density at radius 3 is 2.73 bits per heavy atom. The lowest BCUT2D eigenvalue weighted by Gasteiger charge is -2.26. The van der Waals surface area contributed by atoms with Gasteiger partial charge in [-0.3, -0.25) is 9.69 Å². The van der Waals surface area contributed by atoms with E-state index < -0.39 is 0 Å². The number of amides is 1. The number of nitrogens with one attached hydrogen (secondary N) is 1. The minimum Gasteiger partial charge on any atom is -0.493 e. The molecule has 0 spiro atoms. The normalized spacial score (nSPS) is 14.9. The van der Waals surface area contributed by atoms with Gasteiger partial charge in [-0.15, -0.1) is 11.3 Å². The fraction of sp³-hybridized carbons (Fsp3) is 0.478. The molecular weight excluding hydrogens is 398 g/mol. The van der Waals surface area contributed by atoms with Crippen LogP contribution in [0.2, 0.25) is 0 Å². The Morgan fingerprint density at radius 1 is 1.23 bits per heavy atom. The molecule has 1 aliphatic heterocycles. The molecule has 0 saturated carbocycles. The predicted molar refractivity (Wildman–Crippen MR) is 122 cm³/mol. The van der Waals surface area contributed by atoms with Crippen LogP contribution in [0.1, 0.15) is 59.8 Å². The molecule has 1 aromatic heterocycles. The van der Waals surface area contributed by atoms with Gasteiger partial charge in [0.25, 0.3) is 5.91 Å². The third kappa shape index (κ3) is 6.31. The van der Waals surface area contributed by atoms with Gasteiger partial charge in [0.2, 0.25) is 0 Å². The van der Waals surface area contributed by atoms with Gasteiger partial charge in [0.05, 0.1) is 18.9 Å². The molecule has 1 N–H and O–H groups in total. The molecule has 1 aliphatic rings. The number of thiophene rings is 1. The van der Waals surface area contributed by atoms with E-state index in [-0.39, 0.29) is 5.91 Å².